The van der Waals surface area contributed by atoms with Crippen LogP contribution in [-0.2, 0) is 4.79 Å². The molecule has 4 nitrogen and oxygen atoms in total. The van der Waals surface area contributed by atoms with E-state index in [2.05, 4.69) is 0 Å². The maximum absolute atomic E-state index is 10.7. The number of aliphatic hydroxyl groups excluding tert-OH is 1. The summed E-state index contributed by atoms with van der Waals surface area (Å²) < 4.78 is 5.60. The second-order valence-electron chi connectivity index (χ2n) is 4.49. The van der Waals surface area contributed by atoms with Gasteiger partial charge in [-0.2, -0.15) is 0 Å². The van der Waals surface area contributed by atoms with E-state index in [1.165, 1.54) is 0 Å². The molecule has 0 fully saturated rings. The third-order valence-corrected chi connectivity index (χ3v) is 2.64. The van der Waals surface area contributed by atoms with E-state index in [1.807, 2.05) is 32.0 Å². The number of carbonyl (C=O) groups excluding carboxylic acids is 1. The van der Waals surface area contributed by atoms with Crippen LogP contribution >= 0.6 is 0 Å². The maximum Gasteiger partial charge on any atom is 0.217 e. The van der Waals surface area contributed by atoms with Crippen LogP contribution in [-0.4, -0.2) is 24.2 Å². The molecule has 0 aliphatic carbocycles. The van der Waals surface area contributed by atoms with E-state index in [0.29, 0.717) is 13.0 Å². The zero-order chi connectivity index (χ0) is 13.5. The SMILES string of the molecule is Cc1cc(OC[C@@H](C)CC(N)=O)ccc1[CH]CO. The molecule has 0 bridgehead atoms. The Morgan fingerprint density at radius 2 is 2.28 bits per heavy atom. The number of rotatable bonds is 7. The highest BCUT2D eigenvalue weighted by Gasteiger charge is 2.07. The monoisotopic (exact) mass is 250 g/mol. The predicted octanol–water partition coefficient (Wildman–Crippen LogP) is 1.43. The molecular formula is C14H20NO3. The molecule has 0 saturated heterocycles. The second-order valence-corrected chi connectivity index (χ2v) is 4.49. The summed E-state index contributed by atoms with van der Waals surface area (Å²) in [6.07, 6.45) is 2.07. The molecule has 0 aromatic heterocycles. The lowest BCUT2D eigenvalue weighted by Crippen LogP contribution is -2.19. The Bertz CT molecular complexity index is 404. The molecule has 4 heteroatoms. The highest BCUT2D eigenvalue weighted by Crippen LogP contribution is 2.19. The molecule has 1 rings (SSSR count). The summed E-state index contributed by atoms with van der Waals surface area (Å²) in [5.74, 6) is 0.556. The van der Waals surface area contributed by atoms with Gasteiger partial charge in [0.15, 0.2) is 0 Å². The van der Waals surface area contributed by atoms with Crippen LogP contribution in [0.4, 0.5) is 0 Å². The zero-order valence-electron chi connectivity index (χ0n) is 10.8. The normalized spacial score (nSPS) is 12.2. The van der Waals surface area contributed by atoms with Crippen LogP contribution in [0.25, 0.3) is 0 Å². The first-order valence-corrected chi connectivity index (χ1v) is 5.98. The smallest absolute Gasteiger partial charge is 0.217 e. The lowest BCUT2D eigenvalue weighted by molar-refractivity contribution is -0.119. The molecule has 1 amide bonds. The summed E-state index contributed by atoms with van der Waals surface area (Å²) in [4.78, 5) is 10.7. The quantitative estimate of drug-likeness (QED) is 0.769. The number of benzene rings is 1. The van der Waals surface area contributed by atoms with Gasteiger partial charge in [-0.15, -0.1) is 0 Å². The minimum Gasteiger partial charge on any atom is -0.493 e. The van der Waals surface area contributed by atoms with Crippen molar-refractivity contribution in [3.05, 3.63) is 35.7 Å². The molecule has 0 heterocycles. The number of aryl methyl sites for hydroxylation is 1. The number of hydrogen-bond acceptors (Lipinski definition) is 3. The molecule has 0 unspecified atom stereocenters. The van der Waals surface area contributed by atoms with Crippen molar-refractivity contribution >= 4 is 5.91 Å². The van der Waals surface area contributed by atoms with Crippen LogP contribution in [0.3, 0.4) is 0 Å². The van der Waals surface area contributed by atoms with Gasteiger partial charge in [0.05, 0.1) is 13.2 Å². The minimum atomic E-state index is -0.310. The number of amides is 1. The van der Waals surface area contributed by atoms with Crippen LogP contribution in [0.5, 0.6) is 5.75 Å². The van der Waals surface area contributed by atoms with E-state index < -0.39 is 0 Å². The van der Waals surface area contributed by atoms with Gasteiger partial charge >= 0.3 is 0 Å². The topological polar surface area (TPSA) is 72.5 Å². The average molecular weight is 250 g/mol. The van der Waals surface area contributed by atoms with Crippen molar-refractivity contribution in [3.63, 3.8) is 0 Å². The second kappa shape index (κ2) is 7.01. The number of nitrogens with two attached hydrogens (primary N) is 1. The van der Waals surface area contributed by atoms with Crippen LogP contribution in [0.15, 0.2) is 18.2 Å². The van der Waals surface area contributed by atoms with E-state index >= 15 is 0 Å². The van der Waals surface area contributed by atoms with Crippen LogP contribution in [0.1, 0.15) is 24.5 Å². The van der Waals surface area contributed by atoms with E-state index in [0.717, 1.165) is 16.9 Å². The highest BCUT2D eigenvalue weighted by molar-refractivity contribution is 5.73. The predicted molar refractivity (Wildman–Crippen MR) is 70.1 cm³/mol. The first-order valence-electron chi connectivity index (χ1n) is 5.98. The number of hydrogen-bond donors (Lipinski definition) is 2. The number of primary amides is 1. The largest absolute Gasteiger partial charge is 0.493 e. The molecule has 0 spiro atoms. The first kappa shape index (κ1) is 14.5. The minimum absolute atomic E-state index is 0.0245. The molecule has 18 heavy (non-hydrogen) atoms. The molecule has 1 radical (unpaired) electrons. The average Bonchev–Trinajstić information content (AvgIpc) is 2.29. The molecular weight excluding hydrogens is 230 g/mol. The maximum atomic E-state index is 10.7. The molecule has 1 aromatic rings. The molecule has 99 valence electrons. The summed E-state index contributed by atoms with van der Waals surface area (Å²) in [6.45, 7) is 4.37. The Balaban J connectivity index is 2.53. The van der Waals surface area contributed by atoms with Crippen LogP contribution in [0, 0.1) is 19.3 Å². The Kier molecular flexibility index (Phi) is 5.65. The fourth-order valence-electron chi connectivity index (χ4n) is 1.71. The zero-order valence-corrected chi connectivity index (χ0v) is 10.8. The Hall–Kier alpha value is -1.55. The Morgan fingerprint density at radius 1 is 1.56 bits per heavy atom. The van der Waals surface area contributed by atoms with Crippen molar-refractivity contribution in [2.45, 2.75) is 20.3 Å². The van der Waals surface area contributed by atoms with E-state index in [1.54, 1.807) is 6.42 Å². The van der Waals surface area contributed by atoms with Crippen LogP contribution < -0.4 is 10.5 Å². The van der Waals surface area contributed by atoms with Crippen molar-refractivity contribution in [3.8, 4) is 5.75 Å². The van der Waals surface area contributed by atoms with Crippen molar-refractivity contribution in [2.75, 3.05) is 13.2 Å². The number of ether oxygens (including phenoxy) is 1. The van der Waals surface area contributed by atoms with Gasteiger partial charge in [-0.3, -0.25) is 4.79 Å². The lowest BCUT2D eigenvalue weighted by atomic mass is 10.1. The Morgan fingerprint density at radius 3 is 2.83 bits per heavy atom. The standard InChI is InChI=1S/C14H20NO3/c1-10(7-14(15)17)9-18-13-4-3-12(5-6-16)11(2)8-13/h3-5,8,10,16H,6-7,9H2,1-2H3,(H2,15,17)/t10-/m0/s1. The van der Waals surface area contributed by atoms with Crippen molar-refractivity contribution < 1.29 is 14.6 Å². The fraction of sp³-hybridized carbons (Fsp3) is 0.429. The fourth-order valence-corrected chi connectivity index (χ4v) is 1.71. The highest BCUT2D eigenvalue weighted by atomic mass is 16.5. The van der Waals surface area contributed by atoms with Gasteiger partial charge in [-0.1, -0.05) is 13.0 Å². The lowest BCUT2D eigenvalue weighted by Gasteiger charge is -2.13. The third kappa shape index (κ3) is 4.75. The van der Waals surface area contributed by atoms with Crippen molar-refractivity contribution in [1.29, 1.82) is 0 Å². The summed E-state index contributed by atoms with van der Waals surface area (Å²) in [5.41, 5.74) is 7.16. The van der Waals surface area contributed by atoms with Gasteiger partial charge in [0.25, 0.3) is 0 Å². The number of aliphatic hydroxyl groups is 1. The van der Waals surface area contributed by atoms with Gasteiger partial charge < -0.3 is 15.6 Å². The summed E-state index contributed by atoms with van der Waals surface area (Å²) in [7, 11) is 0. The van der Waals surface area contributed by atoms with Gasteiger partial charge in [-0.05, 0) is 36.1 Å². The van der Waals surface area contributed by atoms with Gasteiger partial charge in [0, 0.05) is 12.8 Å². The van der Waals surface area contributed by atoms with Gasteiger partial charge in [0.2, 0.25) is 5.91 Å². The van der Waals surface area contributed by atoms with Crippen molar-refractivity contribution in [1.82, 2.24) is 0 Å². The molecule has 3 N–H and O–H groups in total. The van der Waals surface area contributed by atoms with E-state index in [9.17, 15) is 4.79 Å². The summed E-state index contributed by atoms with van der Waals surface area (Å²) in [5, 5.41) is 8.84. The molecule has 1 atom stereocenters. The summed E-state index contributed by atoms with van der Waals surface area (Å²) in [6, 6.07) is 5.67. The Labute approximate surface area is 108 Å². The van der Waals surface area contributed by atoms with Crippen molar-refractivity contribution in [2.24, 2.45) is 11.7 Å². The summed E-state index contributed by atoms with van der Waals surface area (Å²) >= 11 is 0. The van der Waals surface area contributed by atoms with E-state index in [4.69, 9.17) is 15.6 Å². The third-order valence-electron chi connectivity index (χ3n) is 2.64. The van der Waals surface area contributed by atoms with Gasteiger partial charge in [-0.25, -0.2) is 0 Å². The number of carbonyl (C=O) groups is 1. The van der Waals surface area contributed by atoms with Gasteiger partial charge in [0.1, 0.15) is 5.75 Å². The first-order chi connectivity index (χ1) is 8.52. The molecule has 0 aliphatic rings. The molecule has 0 saturated carbocycles. The van der Waals surface area contributed by atoms with Crippen LogP contribution in [0.2, 0.25) is 0 Å². The molecule has 0 aliphatic heterocycles. The molecule has 1 aromatic carbocycles. The van der Waals surface area contributed by atoms with E-state index in [-0.39, 0.29) is 18.4 Å².